The topological polar surface area (TPSA) is 93.1 Å². The Kier molecular flexibility index (Phi) is 6.39. The maximum atomic E-state index is 12.8. The zero-order chi connectivity index (χ0) is 20.9. The summed E-state index contributed by atoms with van der Waals surface area (Å²) >= 11 is 0. The molecule has 11 heteroatoms. The number of halogens is 3. The Morgan fingerprint density at radius 2 is 1.71 bits per heavy atom. The Morgan fingerprint density at radius 3 is 2.25 bits per heavy atom. The Balaban J connectivity index is 2.45. The lowest BCUT2D eigenvalue weighted by atomic mass is 10.2. The van der Waals surface area contributed by atoms with Crippen molar-refractivity contribution in [3.05, 3.63) is 48.5 Å². The lowest BCUT2D eigenvalue weighted by Crippen LogP contribution is -2.30. The van der Waals surface area contributed by atoms with Gasteiger partial charge in [-0.05, 0) is 36.4 Å². The number of nitrogens with zero attached hydrogens (tertiary/aromatic N) is 1. The second-order valence-electron chi connectivity index (χ2n) is 5.44. The Morgan fingerprint density at radius 1 is 1.11 bits per heavy atom. The van der Waals surface area contributed by atoms with Gasteiger partial charge in [0.25, 0.3) is 0 Å². The fraction of sp³-hybridized carbons (Fsp3) is 0.235. The summed E-state index contributed by atoms with van der Waals surface area (Å²) in [6.07, 6.45) is -5.34. The highest BCUT2D eigenvalue weighted by atomic mass is 32.2. The van der Waals surface area contributed by atoms with Crippen molar-refractivity contribution in [1.29, 1.82) is 0 Å². The molecule has 0 saturated carbocycles. The number of alkyl halides is 3. The average molecular weight is 419 g/mol. The van der Waals surface area contributed by atoms with Crippen LogP contribution >= 0.6 is 0 Å². The van der Waals surface area contributed by atoms with Gasteiger partial charge in [-0.1, -0.05) is 12.1 Å². The number of carbonyl (C=O) groups is 1. The Hall–Kier alpha value is -2.95. The minimum atomic E-state index is -4.90. The minimum Gasteiger partial charge on any atom is -0.506 e. The SMILES string of the molecule is COC(=O)CCS(=O)(=O)N(c1ccc(OC(F)(F)F)cc1)c1ccccc1O. The van der Waals surface area contributed by atoms with Crippen molar-refractivity contribution in [2.75, 3.05) is 17.2 Å². The van der Waals surface area contributed by atoms with E-state index in [1.54, 1.807) is 0 Å². The van der Waals surface area contributed by atoms with Gasteiger partial charge in [-0.2, -0.15) is 0 Å². The molecule has 152 valence electrons. The van der Waals surface area contributed by atoms with Crippen LogP contribution < -0.4 is 9.04 Å². The van der Waals surface area contributed by atoms with E-state index in [0.29, 0.717) is 0 Å². The van der Waals surface area contributed by atoms with Crippen LogP contribution in [0.15, 0.2) is 48.5 Å². The van der Waals surface area contributed by atoms with Crippen molar-refractivity contribution in [3.63, 3.8) is 0 Å². The molecule has 0 saturated heterocycles. The van der Waals surface area contributed by atoms with E-state index in [1.807, 2.05) is 0 Å². The minimum absolute atomic E-state index is 0.0547. The number of phenols is 1. The van der Waals surface area contributed by atoms with Crippen LogP contribution in [0.1, 0.15) is 6.42 Å². The van der Waals surface area contributed by atoms with Gasteiger partial charge in [0.1, 0.15) is 11.5 Å². The van der Waals surface area contributed by atoms with Crippen LogP contribution in [0, 0.1) is 0 Å². The standard InChI is InChI=1S/C17H16F3NO6S/c1-26-16(23)10-11-28(24,25)21(14-4-2-3-5-15(14)22)12-6-8-13(9-7-12)27-17(18,19)20/h2-9,22H,10-11H2,1H3. The van der Waals surface area contributed by atoms with E-state index in [4.69, 9.17) is 0 Å². The lowest BCUT2D eigenvalue weighted by molar-refractivity contribution is -0.274. The van der Waals surface area contributed by atoms with Crippen LogP contribution in [0.2, 0.25) is 0 Å². The van der Waals surface area contributed by atoms with Crippen LogP contribution in [0.4, 0.5) is 24.5 Å². The second kappa shape index (κ2) is 8.38. The molecule has 2 rings (SSSR count). The molecule has 0 fully saturated rings. The highest BCUT2D eigenvalue weighted by Crippen LogP contribution is 2.36. The number of carbonyl (C=O) groups excluding carboxylic acids is 1. The van der Waals surface area contributed by atoms with Crippen molar-refractivity contribution in [2.45, 2.75) is 12.8 Å². The van der Waals surface area contributed by atoms with Crippen molar-refractivity contribution in [1.82, 2.24) is 0 Å². The maximum Gasteiger partial charge on any atom is 0.573 e. The molecule has 0 atom stereocenters. The summed E-state index contributed by atoms with van der Waals surface area (Å²) in [4.78, 5) is 11.3. The summed E-state index contributed by atoms with van der Waals surface area (Å²) in [5.41, 5.74) is -0.183. The second-order valence-corrected chi connectivity index (χ2v) is 7.37. The number of para-hydroxylation sites is 2. The maximum absolute atomic E-state index is 12.8. The average Bonchev–Trinajstić information content (AvgIpc) is 2.61. The number of anilines is 2. The normalized spacial score (nSPS) is 11.7. The third-order valence-corrected chi connectivity index (χ3v) is 5.16. The molecule has 0 radical (unpaired) electrons. The molecular formula is C17H16F3NO6S. The molecule has 0 spiro atoms. The van der Waals surface area contributed by atoms with Gasteiger partial charge >= 0.3 is 12.3 Å². The van der Waals surface area contributed by atoms with Gasteiger partial charge < -0.3 is 14.6 Å². The summed E-state index contributed by atoms with van der Waals surface area (Å²) in [6, 6.07) is 9.55. The number of methoxy groups -OCH3 is 1. The van der Waals surface area contributed by atoms with Gasteiger partial charge in [0, 0.05) is 0 Å². The van der Waals surface area contributed by atoms with E-state index < -0.39 is 40.3 Å². The molecule has 0 heterocycles. The monoisotopic (exact) mass is 419 g/mol. The van der Waals surface area contributed by atoms with E-state index in [9.17, 15) is 31.5 Å². The summed E-state index contributed by atoms with van der Waals surface area (Å²) in [6.45, 7) is 0. The number of ether oxygens (including phenoxy) is 2. The van der Waals surface area contributed by atoms with E-state index in [1.165, 1.54) is 24.3 Å². The molecule has 2 aromatic rings. The first-order valence-corrected chi connectivity index (χ1v) is 9.38. The van der Waals surface area contributed by atoms with Crippen LogP contribution in [0.3, 0.4) is 0 Å². The summed E-state index contributed by atoms with van der Waals surface area (Å²) in [5, 5.41) is 10.1. The molecule has 0 aromatic heterocycles. The predicted molar refractivity (Wildman–Crippen MR) is 93.8 cm³/mol. The quantitative estimate of drug-likeness (QED) is 0.692. The van der Waals surface area contributed by atoms with Gasteiger partial charge in [0.2, 0.25) is 10.0 Å². The largest absolute Gasteiger partial charge is 0.573 e. The summed E-state index contributed by atoms with van der Waals surface area (Å²) < 4.78 is 71.5. The van der Waals surface area contributed by atoms with Crippen LogP contribution in [0.25, 0.3) is 0 Å². The first kappa shape index (κ1) is 21.4. The highest BCUT2D eigenvalue weighted by molar-refractivity contribution is 7.93. The predicted octanol–water partition coefficient (Wildman–Crippen LogP) is 3.32. The van der Waals surface area contributed by atoms with Crippen molar-refractivity contribution in [2.24, 2.45) is 0 Å². The van der Waals surface area contributed by atoms with Crippen molar-refractivity contribution < 1.29 is 41.0 Å². The molecule has 0 aliphatic rings. The fourth-order valence-corrected chi connectivity index (χ4v) is 3.78. The summed E-state index contributed by atoms with van der Waals surface area (Å²) in [7, 11) is -3.09. The third kappa shape index (κ3) is 5.52. The molecule has 7 nitrogen and oxygen atoms in total. The number of benzene rings is 2. The van der Waals surface area contributed by atoms with Gasteiger partial charge in [-0.15, -0.1) is 13.2 Å². The molecule has 28 heavy (non-hydrogen) atoms. The zero-order valence-corrected chi connectivity index (χ0v) is 15.3. The number of hydrogen-bond donors (Lipinski definition) is 1. The van der Waals surface area contributed by atoms with E-state index >= 15 is 0 Å². The molecular weight excluding hydrogens is 403 g/mol. The highest BCUT2D eigenvalue weighted by Gasteiger charge is 2.32. The van der Waals surface area contributed by atoms with E-state index in [2.05, 4.69) is 9.47 Å². The lowest BCUT2D eigenvalue weighted by Gasteiger charge is -2.25. The molecule has 0 unspecified atom stereocenters. The molecule has 0 amide bonds. The zero-order valence-electron chi connectivity index (χ0n) is 14.5. The van der Waals surface area contributed by atoms with Crippen LogP contribution in [-0.2, 0) is 19.6 Å². The van der Waals surface area contributed by atoms with Crippen LogP contribution in [-0.4, -0.2) is 38.7 Å². The molecule has 0 aliphatic heterocycles. The molecule has 2 aromatic carbocycles. The number of rotatable bonds is 7. The van der Waals surface area contributed by atoms with E-state index in [-0.39, 0.29) is 17.1 Å². The number of phenolic OH excluding ortho intramolecular Hbond substituents is 1. The number of sulfonamides is 1. The Bertz CT molecular complexity index is 929. The fourth-order valence-electron chi connectivity index (χ4n) is 2.27. The molecule has 0 aliphatic carbocycles. The van der Waals surface area contributed by atoms with E-state index in [0.717, 1.165) is 35.7 Å². The number of aromatic hydroxyl groups is 1. The van der Waals surface area contributed by atoms with Crippen LogP contribution in [0.5, 0.6) is 11.5 Å². The van der Waals surface area contributed by atoms with Crippen molar-refractivity contribution >= 4 is 27.4 Å². The van der Waals surface area contributed by atoms with Gasteiger partial charge in [-0.25, -0.2) is 12.7 Å². The number of hydrogen-bond acceptors (Lipinski definition) is 6. The third-order valence-electron chi connectivity index (χ3n) is 3.48. The molecule has 1 N–H and O–H groups in total. The smallest absolute Gasteiger partial charge is 0.506 e. The van der Waals surface area contributed by atoms with Gasteiger partial charge in [0.05, 0.1) is 30.7 Å². The van der Waals surface area contributed by atoms with Gasteiger partial charge in [-0.3, -0.25) is 4.79 Å². The summed E-state index contributed by atoms with van der Waals surface area (Å²) in [5.74, 6) is -2.32. The Labute approximate surface area is 159 Å². The first-order chi connectivity index (χ1) is 13.0. The first-order valence-electron chi connectivity index (χ1n) is 7.77. The van der Waals surface area contributed by atoms with Crippen molar-refractivity contribution in [3.8, 4) is 11.5 Å². The number of esters is 1. The van der Waals surface area contributed by atoms with Gasteiger partial charge in [0.15, 0.2) is 0 Å². The molecule has 0 bridgehead atoms.